The van der Waals surface area contributed by atoms with Gasteiger partial charge in [0, 0.05) is 5.02 Å². The third-order valence-corrected chi connectivity index (χ3v) is 4.45. The SMILES string of the molecule is CC(C)(C)CC(c1ccc(Cl)cc1)N1C(=O)c2ccccc2C1=O. The van der Waals surface area contributed by atoms with Gasteiger partial charge in [0.25, 0.3) is 11.8 Å². The van der Waals surface area contributed by atoms with Gasteiger partial charge in [-0.3, -0.25) is 14.5 Å². The van der Waals surface area contributed by atoms with Gasteiger partial charge in [-0.1, -0.05) is 56.6 Å². The average Bonchev–Trinajstić information content (AvgIpc) is 2.77. The number of halogens is 1. The van der Waals surface area contributed by atoms with Crippen molar-refractivity contribution in [3.63, 3.8) is 0 Å². The fraction of sp³-hybridized carbons (Fsp3) is 0.300. The maximum Gasteiger partial charge on any atom is 0.262 e. The van der Waals surface area contributed by atoms with Crippen LogP contribution in [0.25, 0.3) is 0 Å². The van der Waals surface area contributed by atoms with E-state index in [4.69, 9.17) is 11.6 Å². The van der Waals surface area contributed by atoms with Crippen molar-refractivity contribution < 1.29 is 9.59 Å². The number of imide groups is 1. The lowest BCUT2D eigenvalue weighted by Gasteiger charge is -2.32. The predicted molar refractivity (Wildman–Crippen MR) is 95.2 cm³/mol. The van der Waals surface area contributed by atoms with Crippen LogP contribution in [-0.4, -0.2) is 16.7 Å². The van der Waals surface area contributed by atoms with Crippen molar-refractivity contribution in [1.29, 1.82) is 0 Å². The van der Waals surface area contributed by atoms with Crippen molar-refractivity contribution in [1.82, 2.24) is 4.90 Å². The highest BCUT2D eigenvalue weighted by Gasteiger charge is 2.41. The Bertz CT molecular complexity index is 755. The summed E-state index contributed by atoms with van der Waals surface area (Å²) in [5.41, 5.74) is 1.84. The Hall–Kier alpha value is -2.13. The molecule has 0 bridgehead atoms. The van der Waals surface area contributed by atoms with Gasteiger partial charge in [-0.05, 0) is 41.7 Å². The summed E-state index contributed by atoms with van der Waals surface area (Å²) in [5.74, 6) is -0.445. The van der Waals surface area contributed by atoms with Crippen LogP contribution >= 0.6 is 11.6 Å². The minimum absolute atomic E-state index is 0.0420. The highest BCUT2D eigenvalue weighted by Crippen LogP contribution is 2.38. The molecule has 4 heteroatoms. The summed E-state index contributed by atoms with van der Waals surface area (Å²) < 4.78 is 0. The number of carbonyl (C=O) groups excluding carboxylic acids is 2. The van der Waals surface area contributed by atoms with Crippen LogP contribution in [0.2, 0.25) is 5.02 Å². The zero-order valence-corrected chi connectivity index (χ0v) is 14.8. The molecule has 0 spiro atoms. The van der Waals surface area contributed by atoms with E-state index in [0.717, 1.165) is 5.56 Å². The molecule has 1 aliphatic heterocycles. The van der Waals surface area contributed by atoms with E-state index >= 15 is 0 Å². The predicted octanol–water partition coefficient (Wildman–Crippen LogP) is 5.11. The van der Waals surface area contributed by atoms with Crippen LogP contribution in [0.4, 0.5) is 0 Å². The van der Waals surface area contributed by atoms with Crippen LogP contribution in [0.3, 0.4) is 0 Å². The van der Waals surface area contributed by atoms with Crippen molar-refractivity contribution in [2.24, 2.45) is 5.41 Å². The first-order valence-corrected chi connectivity index (χ1v) is 8.38. The Labute approximate surface area is 147 Å². The van der Waals surface area contributed by atoms with Crippen molar-refractivity contribution in [3.8, 4) is 0 Å². The molecule has 24 heavy (non-hydrogen) atoms. The summed E-state index contributed by atoms with van der Waals surface area (Å²) in [4.78, 5) is 27.1. The van der Waals surface area contributed by atoms with Crippen molar-refractivity contribution in [2.45, 2.75) is 33.2 Å². The first-order chi connectivity index (χ1) is 11.3. The number of carbonyl (C=O) groups is 2. The zero-order chi connectivity index (χ0) is 17.5. The number of rotatable bonds is 3. The molecular weight excluding hydrogens is 322 g/mol. The Morgan fingerprint density at radius 2 is 1.42 bits per heavy atom. The van der Waals surface area contributed by atoms with Crippen molar-refractivity contribution in [3.05, 3.63) is 70.2 Å². The highest BCUT2D eigenvalue weighted by atomic mass is 35.5. The quantitative estimate of drug-likeness (QED) is 0.727. The Morgan fingerprint density at radius 3 is 1.88 bits per heavy atom. The molecule has 124 valence electrons. The second kappa shape index (κ2) is 6.06. The average molecular weight is 342 g/mol. The lowest BCUT2D eigenvalue weighted by atomic mass is 9.84. The van der Waals surface area contributed by atoms with Gasteiger partial charge < -0.3 is 0 Å². The monoisotopic (exact) mass is 341 g/mol. The lowest BCUT2D eigenvalue weighted by molar-refractivity contribution is 0.0543. The molecule has 2 aromatic rings. The fourth-order valence-electron chi connectivity index (χ4n) is 3.11. The summed E-state index contributed by atoms with van der Waals surface area (Å²) in [6.07, 6.45) is 0.681. The van der Waals surface area contributed by atoms with Crippen molar-refractivity contribution in [2.75, 3.05) is 0 Å². The minimum Gasteiger partial charge on any atom is -0.269 e. The van der Waals surface area contributed by atoms with Gasteiger partial charge in [-0.2, -0.15) is 0 Å². The molecule has 3 rings (SSSR count). The van der Waals surface area contributed by atoms with Gasteiger partial charge in [0.15, 0.2) is 0 Å². The molecule has 1 aliphatic rings. The van der Waals surface area contributed by atoms with Gasteiger partial charge in [0.05, 0.1) is 17.2 Å². The standard InChI is InChI=1S/C20H20ClNO2/c1-20(2,3)12-17(13-8-10-14(21)11-9-13)22-18(23)15-6-4-5-7-16(15)19(22)24/h4-11,17H,12H2,1-3H3. The molecule has 1 unspecified atom stereocenters. The number of nitrogens with zero attached hydrogens (tertiary/aromatic N) is 1. The summed E-state index contributed by atoms with van der Waals surface area (Å²) in [6.45, 7) is 6.32. The molecule has 0 fully saturated rings. The van der Waals surface area contributed by atoms with E-state index in [0.29, 0.717) is 22.6 Å². The van der Waals surface area contributed by atoms with Gasteiger partial charge in [-0.25, -0.2) is 0 Å². The van der Waals surface area contributed by atoms with E-state index in [1.807, 2.05) is 12.1 Å². The van der Waals surface area contributed by atoms with Crippen LogP contribution in [-0.2, 0) is 0 Å². The minimum atomic E-state index is -0.310. The normalized spacial score (nSPS) is 15.6. The number of hydrogen-bond donors (Lipinski definition) is 0. The third kappa shape index (κ3) is 3.09. The van der Waals surface area contributed by atoms with Gasteiger partial charge in [-0.15, -0.1) is 0 Å². The smallest absolute Gasteiger partial charge is 0.262 e. The number of fused-ring (bicyclic) bond motifs is 1. The maximum absolute atomic E-state index is 12.9. The van der Waals surface area contributed by atoms with Gasteiger partial charge in [0.2, 0.25) is 0 Å². The van der Waals surface area contributed by atoms with Crippen LogP contribution in [0.1, 0.15) is 59.5 Å². The second-order valence-corrected chi connectivity index (χ2v) is 7.79. The van der Waals surface area contributed by atoms with Gasteiger partial charge in [0.1, 0.15) is 0 Å². The van der Waals surface area contributed by atoms with Crippen LogP contribution in [0, 0.1) is 5.41 Å². The summed E-state index contributed by atoms with van der Waals surface area (Å²) in [5, 5.41) is 0.635. The molecule has 0 saturated carbocycles. The molecule has 0 aromatic heterocycles. The van der Waals surface area contributed by atoms with Crippen LogP contribution < -0.4 is 0 Å². The maximum atomic E-state index is 12.9. The molecule has 0 saturated heterocycles. The first-order valence-electron chi connectivity index (χ1n) is 8.00. The van der Waals surface area contributed by atoms with E-state index in [1.54, 1.807) is 36.4 Å². The molecule has 0 N–H and O–H groups in total. The summed E-state index contributed by atoms with van der Waals surface area (Å²) in [7, 11) is 0. The van der Waals surface area contributed by atoms with E-state index < -0.39 is 0 Å². The van der Waals surface area contributed by atoms with Crippen LogP contribution in [0.5, 0.6) is 0 Å². The highest BCUT2D eigenvalue weighted by molar-refractivity contribution is 6.30. The Morgan fingerprint density at radius 1 is 0.917 bits per heavy atom. The number of amides is 2. The Kier molecular flexibility index (Phi) is 4.22. The lowest BCUT2D eigenvalue weighted by Crippen LogP contribution is -2.36. The van der Waals surface area contributed by atoms with E-state index in [9.17, 15) is 9.59 Å². The molecule has 2 amide bonds. The first kappa shape index (κ1) is 16.7. The van der Waals surface area contributed by atoms with Crippen LogP contribution in [0.15, 0.2) is 48.5 Å². The number of benzene rings is 2. The molecule has 2 aromatic carbocycles. The molecular formula is C20H20ClNO2. The molecule has 3 nitrogen and oxygen atoms in total. The largest absolute Gasteiger partial charge is 0.269 e. The Balaban J connectivity index is 2.05. The summed E-state index contributed by atoms with van der Waals surface area (Å²) in [6, 6.07) is 14.1. The molecule has 0 radical (unpaired) electrons. The number of hydrogen-bond acceptors (Lipinski definition) is 2. The third-order valence-electron chi connectivity index (χ3n) is 4.20. The van der Waals surface area contributed by atoms with E-state index in [2.05, 4.69) is 20.8 Å². The van der Waals surface area contributed by atoms with E-state index in [-0.39, 0.29) is 23.3 Å². The van der Waals surface area contributed by atoms with Gasteiger partial charge >= 0.3 is 0 Å². The van der Waals surface area contributed by atoms with Crippen molar-refractivity contribution >= 4 is 23.4 Å². The molecule has 1 atom stereocenters. The van der Waals surface area contributed by atoms with E-state index in [1.165, 1.54) is 4.90 Å². The zero-order valence-electron chi connectivity index (χ0n) is 14.0. The topological polar surface area (TPSA) is 37.4 Å². The summed E-state index contributed by atoms with van der Waals surface area (Å²) >= 11 is 5.99. The second-order valence-electron chi connectivity index (χ2n) is 7.36. The molecule has 1 heterocycles. The fourth-order valence-corrected chi connectivity index (χ4v) is 3.24. The molecule has 0 aliphatic carbocycles.